The molecule has 0 saturated carbocycles. The first-order valence-corrected chi connectivity index (χ1v) is 9.19. The molecule has 1 nitrogen and oxygen atoms in total. The minimum atomic E-state index is -0.543. The van der Waals surface area contributed by atoms with E-state index in [9.17, 15) is 0 Å². The number of rotatable bonds is 2. The summed E-state index contributed by atoms with van der Waals surface area (Å²) in [6.07, 6.45) is 0. The zero-order valence-corrected chi connectivity index (χ0v) is 14.3. The highest BCUT2D eigenvalue weighted by molar-refractivity contribution is 7.80. The summed E-state index contributed by atoms with van der Waals surface area (Å²) in [6.45, 7) is 2.18. The fraction of sp³-hybridized carbons (Fsp3) is 0.143. The monoisotopic (exact) mass is 318 g/mol. The van der Waals surface area contributed by atoms with E-state index >= 15 is 0 Å². The van der Waals surface area contributed by atoms with E-state index in [4.69, 9.17) is 4.74 Å². The molecule has 4 rings (SSSR count). The van der Waals surface area contributed by atoms with Crippen molar-refractivity contribution < 1.29 is 4.74 Å². The van der Waals surface area contributed by atoms with Crippen molar-refractivity contribution in [3.05, 3.63) is 90.0 Å². The molecule has 3 aromatic rings. The van der Waals surface area contributed by atoms with Gasteiger partial charge in [0.2, 0.25) is 0 Å². The lowest BCUT2D eigenvalue weighted by Crippen LogP contribution is -2.43. The second-order valence-corrected chi connectivity index (χ2v) is 8.09. The minimum Gasteiger partial charge on any atom is -0.369 e. The van der Waals surface area contributed by atoms with Crippen molar-refractivity contribution in [2.45, 2.75) is 12.5 Å². The van der Waals surface area contributed by atoms with Gasteiger partial charge in [-0.15, -0.1) is 0 Å². The van der Waals surface area contributed by atoms with Crippen LogP contribution in [0.4, 0.5) is 0 Å². The first kappa shape index (κ1) is 14.6. The van der Waals surface area contributed by atoms with E-state index in [0.29, 0.717) is 0 Å². The molecule has 114 valence electrons. The van der Waals surface area contributed by atoms with Crippen LogP contribution in [0.5, 0.6) is 0 Å². The van der Waals surface area contributed by atoms with Crippen LogP contribution in [0.25, 0.3) is 0 Å². The van der Waals surface area contributed by atoms with Crippen molar-refractivity contribution >= 4 is 23.8 Å². The predicted molar refractivity (Wildman–Crippen MR) is 98.6 cm³/mol. The Balaban J connectivity index is 2.05. The molecule has 0 amide bonds. The van der Waals surface area contributed by atoms with Gasteiger partial charge in [-0.25, -0.2) is 0 Å². The molecule has 1 aliphatic rings. The average Bonchev–Trinajstić information content (AvgIpc) is 2.63. The maximum atomic E-state index is 6.03. The average molecular weight is 318 g/mol. The third-order valence-corrected chi connectivity index (χ3v) is 7.30. The summed E-state index contributed by atoms with van der Waals surface area (Å²) in [7, 11) is 1.27. The number of hydrogen-bond acceptors (Lipinski definition) is 1. The molecule has 0 aliphatic carbocycles. The normalized spacial score (nSPS) is 22.3. The van der Waals surface area contributed by atoms with Gasteiger partial charge in [0, 0.05) is 7.11 Å². The largest absolute Gasteiger partial charge is 0.369 e. The quantitative estimate of drug-likeness (QED) is 0.655. The van der Waals surface area contributed by atoms with Gasteiger partial charge in [-0.3, -0.25) is 0 Å². The number of hydrogen-bond donors (Lipinski definition) is 0. The highest BCUT2D eigenvalue weighted by atomic mass is 31.1. The fourth-order valence-corrected chi connectivity index (χ4v) is 6.31. The van der Waals surface area contributed by atoms with Crippen molar-refractivity contribution in [3.63, 3.8) is 0 Å². The van der Waals surface area contributed by atoms with Crippen LogP contribution in [-0.4, -0.2) is 7.11 Å². The van der Waals surface area contributed by atoms with E-state index in [1.165, 1.54) is 27.0 Å². The Morgan fingerprint density at radius 3 is 1.70 bits per heavy atom. The summed E-state index contributed by atoms with van der Waals surface area (Å²) in [5.41, 5.74) is 2.19. The van der Waals surface area contributed by atoms with E-state index in [2.05, 4.69) is 85.8 Å². The molecular formula is C21H19OP. The van der Waals surface area contributed by atoms with Crippen molar-refractivity contribution in [3.8, 4) is 0 Å². The summed E-state index contributed by atoms with van der Waals surface area (Å²) in [6, 6.07) is 28.3. The second-order valence-electron chi connectivity index (χ2n) is 5.94. The first-order chi connectivity index (χ1) is 11.3. The molecule has 0 radical (unpaired) electrons. The fourth-order valence-electron chi connectivity index (χ4n) is 3.49. The first-order valence-electron chi connectivity index (χ1n) is 7.85. The molecule has 0 fully saturated rings. The van der Waals surface area contributed by atoms with Crippen LogP contribution in [0, 0.1) is 0 Å². The van der Waals surface area contributed by atoms with Crippen LogP contribution in [0.2, 0.25) is 0 Å². The van der Waals surface area contributed by atoms with Crippen LogP contribution in [0.1, 0.15) is 18.1 Å². The van der Waals surface area contributed by atoms with Gasteiger partial charge in [0.15, 0.2) is 0 Å². The number of methoxy groups -OCH3 is 1. The van der Waals surface area contributed by atoms with Crippen molar-refractivity contribution in [1.29, 1.82) is 0 Å². The third-order valence-electron chi connectivity index (χ3n) is 4.74. The van der Waals surface area contributed by atoms with E-state index < -0.39 is 7.92 Å². The molecule has 0 unspecified atom stereocenters. The van der Waals surface area contributed by atoms with E-state index in [0.717, 1.165) is 0 Å². The van der Waals surface area contributed by atoms with Crippen LogP contribution in [0.15, 0.2) is 78.9 Å². The highest BCUT2D eigenvalue weighted by Gasteiger charge is 2.40. The van der Waals surface area contributed by atoms with Crippen molar-refractivity contribution in [2.24, 2.45) is 0 Å². The Morgan fingerprint density at radius 2 is 1.17 bits per heavy atom. The lowest BCUT2D eigenvalue weighted by Gasteiger charge is -2.40. The number of benzene rings is 3. The van der Waals surface area contributed by atoms with E-state index in [-0.39, 0.29) is 5.60 Å². The molecule has 0 bridgehead atoms. The molecule has 0 aromatic heterocycles. The molecular weight excluding hydrogens is 299 g/mol. The number of fused-ring (bicyclic) bond motifs is 2. The van der Waals surface area contributed by atoms with E-state index in [1.54, 1.807) is 0 Å². The Labute approximate surface area is 138 Å². The maximum Gasteiger partial charge on any atom is 0.116 e. The molecule has 1 heterocycles. The highest BCUT2D eigenvalue weighted by Crippen LogP contribution is 2.46. The van der Waals surface area contributed by atoms with E-state index in [1.807, 2.05) is 7.11 Å². The summed E-state index contributed by atoms with van der Waals surface area (Å²) >= 11 is 0. The maximum absolute atomic E-state index is 6.03. The van der Waals surface area contributed by atoms with Gasteiger partial charge in [0.05, 0.1) is 0 Å². The molecule has 0 saturated heterocycles. The third kappa shape index (κ3) is 2.16. The van der Waals surface area contributed by atoms with Gasteiger partial charge in [0.25, 0.3) is 0 Å². The van der Waals surface area contributed by atoms with Crippen LogP contribution < -0.4 is 15.9 Å². The molecule has 3 aromatic carbocycles. The Hall–Kier alpha value is -1.95. The summed E-state index contributed by atoms with van der Waals surface area (Å²) in [5.74, 6) is 0. The Bertz CT molecular complexity index is 794. The van der Waals surface area contributed by atoms with Gasteiger partial charge >= 0.3 is 0 Å². The van der Waals surface area contributed by atoms with Crippen molar-refractivity contribution in [2.75, 3.05) is 7.11 Å². The molecule has 0 atom stereocenters. The van der Waals surface area contributed by atoms with Gasteiger partial charge in [-0.05, 0) is 41.9 Å². The van der Waals surface area contributed by atoms with Gasteiger partial charge in [0.1, 0.15) is 5.60 Å². The lowest BCUT2D eigenvalue weighted by molar-refractivity contribution is 0.0404. The van der Waals surface area contributed by atoms with Crippen LogP contribution in [-0.2, 0) is 10.3 Å². The molecule has 0 spiro atoms. The SMILES string of the molecule is COC1(C)c2ccccc2P(c2ccccc2)c2ccccc21. The summed E-state index contributed by atoms with van der Waals surface area (Å²) in [4.78, 5) is 0. The summed E-state index contributed by atoms with van der Waals surface area (Å²) < 4.78 is 6.03. The van der Waals surface area contributed by atoms with Gasteiger partial charge < -0.3 is 4.74 Å². The van der Waals surface area contributed by atoms with Crippen LogP contribution in [0.3, 0.4) is 0 Å². The molecule has 1 aliphatic heterocycles. The van der Waals surface area contributed by atoms with Gasteiger partial charge in [-0.1, -0.05) is 78.9 Å². The summed E-state index contributed by atoms with van der Waals surface area (Å²) in [5, 5.41) is 4.19. The predicted octanol–water partition coefficient (Wildman–Crippen LogP) is 3.67. The standard InChI is InChI=1S/C21H19OP/c1-21(22-2)17-12-6-8-14-19(17)23(16-10-4-3-5-11-16)20-15-9-7-13-18(20)21/h3-15H,1-2H3. The Morgan fingerprint density at radius 1 is 0.696 bits per heavy atom. The molecule has 23 heavy (non-hydrogen) atoms. The van der Waals surface area contributed by atoms with Crippen molar-refractivity contribution in [1.82, 2.24) is 0 Å². The lowest BCUT2D eigenvalue weighted by atomic mass is 9.87. The number of ether oxygens (including phenoxy) is 1. The topological polar surface area (TPSA) is 9.23 Å². The van der Waals surface area contributed by atoms with Gasteiger partial charge in [-0.2, -0.15) is 0 Å². The van der Waals surface area contributed by atoms with Crippen LogP contribution >= 0.6 is 7.92 Å². The molecule has 0 N–H and O–H groups in total. The Kier molecular flexibility index (Phi) is 3.56. The minimum absolute atomic E-state index is 0.388. The zero-order valence-electron chi connectivity index (χ0n) is 13.4. The smallest absolute Gasteiger partial charge is 0.116 e. The zero-order chi connectivity index (χ0) is 15.9. The second kappa shape index (κ2) is 5.60. The molecule has 2 heteroatoms.